The molecule has 7 nitrogen and oxygen atoms in total. The molecule has 2 rings (SSSR count). The lowest BCUT2D eigenvalue weighted by molar-refractivity contribution is -0.137. The van der Waals surface area contributed by atoms with Gasteiger partial charge in [-0.25, -0.2) is 9.78 Å². The van der Waals surface area contributed by atoms with Crippen LogP contribution in [0, 0.1) is 0 Å². The van der Waals surface area contributed by atoms with Gasteiger partial charge in [0.1, 0.15) is 6.61 Å². The molecule has 7 heteroatoms. The number of imidazole rings is 1. The van der Waals surface area contributed by atoms with Crippen LogP contribution in [0.4, 0.5) is 4.79 Å². The van der Waals surface area contributed by atoms with E-state index in [-0.39, 0.29) is 13.0 Å². The molecule has 0 saturated carbocycles. The molecule has 0 radical (unpaired) electrons. The summed E-state index contributed by atoms with van der Waals surface area (Å²) in [6.45, 7) is 2.84. The lowest BCUT2D eigenvalue weighted by Crippen LogP contribution is -2.32. The van der Waals surface area contributed by atoms with Gasteiger partial charge in [-0.2, -0.15) is 0 Å². The first kappa shape index (κ1) is 17.5. The zero-order valence-corrected chi connectivity index (χ0v) is 13.5. The number of aliphatic carboxylic acids is 1. The van der Waals surface area contributed by atoms with E-state index in [2.05, 4.69) is 10.3 Å². The zero-order valence-electron chi connectivity index (χ0n) is 13.5. The number of nitrogens with one attached hydrogen (secondary N) is 1. The van der Waals surface area contributed by atoms with E-state index in [1.54, 1.807) is 12.5 Å². The van der Waals surface area contributed by atoms with E-state index in [1.165, 1.54) is 0 Å². The van der Waals surface area contributed by atoms with E-state index in [9.17, 15) is 9.59 Å². The quantitative estimate of drug-likeness (QED) is 0.776. The molecule has 0 aliphatic heterocycles. The van der Waals surface area contributed by atoms with Crippen LogP contribution in [0.1, 0.15) is 37.1 Å². The molecule has 0 aliphatic rings. The molecule has 0 spiro atoms. The van der Waals surface area contributed by atoms with Crippen molar-refractivity contribution in [1.82, 2.24) is 14.9 Å². The summed E-state index contributed by atoms with van der Waals surface area (Å²) in [6.07, 6.45) is 3.18. The van der Waals surface area contributed by atoms with E-state index >= 15 is 0 Å². The molecule has 0 fully saturated rings. The third kappa shape index (κ3) is 5.12. The first-order chi connectivity index (χ1) is 11.6. The molecule has 1 atom stereocenters. The minimum absolute atomic E-state index is 0.126. The summed E-state index contributed by atoms with van der Waals surface area (Å²) in [5.41, 5.74) is 1.51. The summed E-state index contributed by atoms with van der Waals surface area (Å²) in [5, 5.41) is 11.7. The van der Waals surface area contributed by atoms with Gasteiger partial charge in [0.05, 0.1) is 30.7 Å². The van der Waals surface area contributed by atoms with Crippen LogP contribution in [0.5, 0.6) is 0 Å². The van der Waals surface area contributed by atoms with Gasteiger partial charge in [-0.3, -0.25) is 4.79 Å². The molecular weight excluding hydrogens is 310 g/mol. The van der Waals surface area contributed by atoms with Gasteiger partial charge in [-0.05, 0) is 12.0 Å². The molecule has 0 saturated heterocycles. The molecule has 0 aliphatic carbocycles. The Balaban J connectivity index is 2.01. The normalized spacial score (nSPS) is 11.7. The Morgan fingerprint density at radius 1 is 1.33 bits per heavy atom. The average molecular weight is 331 g/mol. The van der Waals surface area contributed by atoms with Crippen molar-refractivity contribution < 1.29 is 19.4 Å². The number of carboxylic acids is 1. The highest BCUT2D eigenvalue weighted by Gasteiger charge is 2.22. The maximum absolute atomic E-state index is 12.0. The molecule has 0 unspecified atom stereocenters. The topological polar surface area (TPSA) is 93.5 Å². The van der Waals surface area contributed by atoms with Crippen LogP contribution in [0.2, 0.25) is 0 Å². The Kier molecular flexibility index (Phi) is 6.36. The predicted molar refractivity (Wildman–Crippen MR) is 87.3 cm³/mol. The van der Waals surface area contributed by atoms with Crippen LogP contribution in [0.15, 0.2) is 42.9 Å². The van der Waals surface area contributed by atoms with Crippen LogP contribution in [-0.2, 0) is 22.7 Å². The molecule has 1 heterocycles. The van der Waals surface area contributed by atoms with Gasteiger partial charge >= 0.3 is 12.1 Å². The number of nitrogens with zero attached hydrogens (tertiary/aromatic N) is 2. The SMILES string of the molecule is CCCn1cncc1[C@@H](CC(=O)O)NC(=O)OCc1ccccc1. The second-order valence-corrected chi connectivity index (χ2v) is 5.37. The summed E-state index contributed by atoms with van der Waals surface area (Å²) >= 11 is 0. The van der Waals surface area contributed by atoms with Crippen molar-refractivity contribution in [1.29, 1.82) is 0 Å². The number of rotatable bonds is 8. The number of aryl methyl sites for hydroxylation is 1. The second kappa shape index (κ2) is 8.71. The Bertz CT molecular complexity index is 669. The number of carbonyl (C=O) groups excluding carboxylic acids is 1. The predicted octanol–water partition coefficient (Wildman–Crippen LogP) is 2.74. The first-order valence-electron chi connectivity index (χ1n) is 7.79. The van der Waals surface area contributed by atoms with Gasteiger partial charge in [0.15, 0.2) is 0 Å². The molecule has 1 aromatic heterocycles. The fourth-order valence-corrected chi connectivity index (χ4v) is 2.36. The lowest BCUT2D eigenvalue weighted by atomic mass is 10.1. The number of amides is 1. The van der Waals surface area contributed by atoms with Gasteiger partial charge in [-0.15, -0.1) is 0 Å². The molecule has 2 aromatic rings. The Morgan fingerprint density at radius 2 is 2.08 bits per heavy atom. The third-order valence-corrected chi connectivity index (χ3v) is 3.45. The van der Waals surface area contributed by atoms with Crippen LogP contribution >= 0.6 is 0 Å². The maximum atomic E-state index is 12.0. The van der Waals surface area contributed by atoms with Crippen LogP contribution in [-0.4, -0.2) is 26.7 Å². The monoisotopic (exact) mass is 331 g/mol. The second-order valence-electron chi connectivity index (χ2n) is 5.37. The first-order valence-corrected chi connectivity index (χ1v) is 7.79. The number of ether oxygens (including phenoxy) is 1. The van der Waals surface area contributed by atoms with Gasteiger partial charge < -0.3 is 19.7 Å². The standard InChI is InChI=1S/C17H21N3O4/c1-2-8-20-12-18-10-15(20)14(9-16(21)22)19-17(23)24-11-13-6-4-3-5-7-13/h3-7,10,12,14H,2,8-9,11H2,1H3,(H,19,23)(H,21,22)/t14-/m1/s1. The lowest BCUT2D eigenvalue weighted by Gasteiger charge is -2.18. The number of benzene rings is 1. The van der Waals surface area contributed by atoms with Crippen molar-refractivity contribution in [3.63, 3.8) is 0 Å². The van der Waals surface area contributed by atoms with Gasteiger partial charge in [0, 0.05) is 6.54 Å². The van der Waals surface area contributed by atoms with Crippen molar-refractivity contribution in [3.05, 3.63) is 54.1 Å². The number of carbonyl (C=O) groups is 2. The Labute approximate surface area is 140 Å². The van der Waals surface area contributed by atoms with Gasteiger partial charge in [0.25, 0.3) is 0 Å². The van der Waals surface area contributed by atoms with Crippen molar-refractivity contribution in [3.8, 4) is 0 Å². The number of aromatic nitrogens is 2. The highest BCUT2D eigenvalue weighted by atomic mass is 16.5. The third-order valence-electron chi connectivity index (χ3n) is 3.45. The number of hydrogen-bond acceptors (Lipinski definition) is 4. The minimum atomic E-state index is -1.01. The number of alkyl carbamates (subject to hydrolysis) is 1. The number of carboxylic acid groups (broad SMARTS) is 1. The summed E-state index contributed by atoms with van der Waals surface area (Å²) < 4.78 is 7.00. The summed E-state index contributed by atoms with van der Waals surface area (Å²) in [4.78, 5) is 27.2. The summed E-state index contributed by atoms with van der Waals surface area (Å²) in [6, 6.07) is 8.58. The summed E-state index contributed by atoms with van der Waals surface area (Å²) in [5.74, 6) is -1.01. The molecule has 1 aromatic carbocycles. The van der Waals surface area contributed by atoms with Gasteiger partial charge in [-0.1, -0.05) is 37.3 Å². The molecule has 0 bridgehead atoms. The van der Waals surface area contributed by atoms with Crippen molar-refractivity contribution in [2.75, 3.05) is 0 Å². The van der Waals surface area contributed by atoms with Gasteiger partial charge in [0.2, 0.25) is 0 Å². The zero-order chi connectivity index (χ0) is 17.4. The Morgan fingerprint density at radius 3 is 2.75 bits per heavy atom. The number of hydrogen-bond donors (Lipinski definition) is 2. The molecule has 128 valence electrons. The average Bonchev–Trinajstić information content (AvgIpc) is 3.01. The van der Waals surface area contributed by atoms with E-state index < -0.39 is 18.1 Å². The van der Waals surface area contributed by atoms with Crippen molar-refractivity contribution in [2.24, 2.45) is 0 Å². The van der Waals surface area contributed by atoms with Crippen LogP contribution in [0.25, 0.3) is 0 Å². The molecular formula is C17H21N3O4. The highest BCUT2D eigenvalue weighted by Crippen LogP contribution is 2.17. The smallest absolute Gasteiger partial charge is 0.408 e. The van der Waals surface area contributed by atoms with E-state index in [1.807, 2.05) is 41.8 Å². The largest absolute Gasteiger partial charge is 0.481 e. The molecule has 2 N–H and O–H groups in total. The van der Waals surface area contributed by atoms with E-state index in [4.69, 9.17) is 9.84 Å². The highest BCUT2D eigenvalue weighted by molar-refractivity contribution is 5.71. The maximum Gasteiger partial charge on any atom is 0.408 e. The molecule has 1 amide bonds. The molecule has 24 heavy (non-hydrogen) atoms. The van der Waals surface area contributed by atoms with E-state index in [0.717, 1.165) is 12.0 Å². The Hall–Kier alpha value is -2.83. The fraction of sp³-hybridized carbons (Fsp3) is 0.353. The van der Waals surface area contributed by atoms with Crippen molar-refractivity contribution in [2.45, 2.75) is 39.0 Å². The van der Waals surface area contributed by atoms with Crippen molar-refractivity contribution >= 4 is 12.1 Å². The van der Waals surface area contributed by atoms with E-state index in [0.29, 0.717) is 12.2 Å². The van der Waals surface area contributed by atoms with Crippen LogP contribution in [0.3, 0.4) is 0 Å². The van der Waals surface area contributed by atoms with Crippen LogP contribution < -0.4 is 5.32 Å². The fourth-order valence-electron chi connectivity index (χ4n) is 2.36. The summed E-state index contributed by atoms with van der Waals surface area (Å²) in [7, 11) is 0. The minimum Gasteiger partial charge on any atom is -0.481 e.